The summed E-state index contributed by atoms with van der Waals surface area (Å²) in [6, 6.07) is 8.01. The Morgan fingerprint density at radius 3 is 3.00 bits per heavy atom. The van der Waals surface area contributed by atoms with E-state index in [9.17, 15) is 9.90 Å². The zero-order valence-electron chi connectivity index (χ0n) is 11.8. The molecule has 0 saturated carbocycles. The van der Waals surface area contributed by atoms with Crippen LogP contribution in [0.5, 0.6) is 0 Å². The predicted octanol–water partition coefficient (Wildman–Crippen LogP) is 0.775. The first-order valence-corrected chi connectivity index (χ1v) is 7.51. The van der Waals surface area contributed by atoms with E-state index in [1.54, 1.807) is 0 Å². The highest BCUT2D eigenvalue weighted by Crippen LogP contribution is 2.28. The molecule has 3 N–H and O–H groups in total. The first-order chi connectivity index (χ1) is 10.2. The molecule has 0 bridgehead atoms. The lowest BCUT2D eigenvalue weighted by Crippen LogP contribution is -2.45. The summed E-state index contributed by atoms with van der Waals surface area (Å²) in [6.07, 6.45) is 0.994. The number of nitrogens with one attached hydrogen (secondary N) is 2. The lowest BCUT2D eigenvalue weighted by molar-refractivity contribution is -0.134. The van der Waals surface area contributed by atoms with Crippen molar-refractivity contribution in [2.45, 2.75) is 31.5 Å². The number of para-hydroxylation sites is 1. The number of carbonyl (C=O) groups is 1. The fourth-order valence-electron chi connectivity index (χ4n) is 3.48. The number of amides is 1. The van der Waals surface area contributed by atoms with Crippen LogP contribution in [0.2, 0.25) is 0 Å². The van der Waals surface area contributed by atoms with Crippen LogP contribution in [-0.2, 0) is 17.8 Å². The van der Waals surface area contributed by atoms with Gasteiger partial charge in [-0.1, -0.05) is 18.2 Å². The van der Waals surface area contributed by atoms with Crippen molar-refractivity contribution in [2.75, 3.05) is 13.1 Å². The third-order valence-electron chi connectivity index (χ3n) is 4.60. The Labute approximate surface area is 122 Å². The highest BCUT2D eigenvalue weighted by Gasteiger charge is 2.33. The highest BCUT2D eigenvalue weighted by molar-refractivity contribution is 5.87. The number of aromatic amines is 1. The summed E-state index contributed by atoms with van der Waals surface area (Å²) in [6.45, 7) is 1.92. The molecule has 0 radical (unpaired) electrons. The number of fused-ring (bicyclic) bond motifs is 3. The van der Waals surface area contributed by atoms with Crippen molar-refractivity contribution in [1.29, 1.82) is 0 Å². The summed E-state index contributed by atoms with van der Waals surface area (Å²) in [5.74, 6) is 0.113. The Hall–Kier alpha value is -1.85. The summed E-state index contributed by atoms with van der Waals surface area (Å²) in [7, 11) is 0. The Morgan fingerprint density at radius 1 is 1.33 bits per heavy atom. The van der Waals surface area contributed by atoms with Crippen LogP contribution in [0, 0.1) is 0 Å². The van der Waals surface area contributed by atoms with Crippen molar-refractivity contribution >= 4 is 16.8 Å². The van der Waals surface area contributed by atoms with Gasteiger partial charge in [-0.2, -0.15) is 0 Å². The van der Waals surface area contributed by atoms with Crippen LogP contribution in [0.15, 0.2) is 24.3 Å². The number of hydrogen-bond acceptors (Lipinski definition) is 3. The van der Waals surface area contributed by atoms with Crippen LogP contribution in [0.25, 0.3) is 10.9 Å². The Kier molecular flexibility index (Phi) is 2.97. The number of aromatic nitrogens is 1. The van der Waals surface area contributed by atoms with Gasteiger partial charge in [0.1, 0.15) is 0 Å². The van der Waals surface area contributed by atoms with Crippen molar-refractivity contribution in [1.82, 2.24) is 15.2 Å². The summed E-state index contributed by atoms with van der Waals surface area (Å²) < 4.78 is 0. The van der Waals surface area contributed by atoms with Crippen molar-refractivity contribution in [2.24, 2.45) is 0 Å². The number of benzene rings is 1. The van der Waals surface area contributed by atoms with Gasteiger partial charge in [-0.3, -0.25) is 4.79 Å². The lowest BCUT2D eigenvalue weighted by Gasteiger charge is -2.29. The van der Waals surface area contributed by atoms with Gasteiger partial charge >= 0.3 is 0 Å². The number of aliphatic hydroxyl groups excluding tert-OH is 1. The number of rotatable bonds is 1. The minimum absolute atomic E-state index is 0.113. The van der Waals surface area contributed by atoms with E-state index in [-0.39, 0.29) is 11.9 Å². The standard InChI is InChI=1S/C16H19N3O2/c20-10-7-15(17-8-10)16(21)19-6-5-14-12(9-19)11-3-1-2-4-13(11)18-14/h1-4,10,15,17-18,20H,5-9H2. The minimum atomic E-state index is -0.396. The van der Waals surface area contributed by atoms with E-state index in [0.717, 1.165) is 18.5 Å². The SMILES string of the molecule is O=C(C1CC(O)CN1)N1CCc2[nH]c3ccccc3c2C1. The number of β-amino-alcohol motifs (C(OH)–C–C–N with tert-alkyl or cyclic N) is 1. The highest BCUT2D eigenvalue weighted by atomic mass is 16.3. The second-order valence-corrected chi connectivity index (χ2v) is 5.99. The lowest BCUT2D eigenvalue weighted by atomic mass is 10.0. The fraction of sp³-hybridized carbons (Fsp3) is 0.438. The molecule has 21 heavy (non-hydrogen) atoms. The fourth-order valence-corrected chi connectivity index (χ4v) is 3.48. The molecule has 2 atom stereocenters. The summed E-state index contributed by atoms with van der Waals surface area (Å²) in [5.41, 5.74) is 3.63. The average molecular weight is 285 g/mol. The van der Waals surface area contributed by atoms with Gasteiger partial charge < -0.3 is 20.3 Å². The quantitative estimate of drug-likeness (QED) is 0.725. The molecule has 4 rings (SSSR count). The van der Waals surface area contributed by atoms with Crippen molar-refractivity contribution in [3.8, 4) is 0 Å². The molecule has 1 aromatic heterocycles. The van der Waals surface area contributed by atoms with Crippen molar-refractivity contribution < 1.29 is 9.90 Å². The first kappa shape index (κ1) is 12.9. The maximum Gasteiger partial charge on any atom is 0.240 e. The molecular weight excluding hydrogens is 266 g/mol. The molecule has 1 saturated heterocycles. The molecule has 5 nitrogen and oxygen atoms in total. The van der Waals surface area contributed by atoms with Crippen molar-refractivity contribution in [3.63, 3.8) is 0 Å². The molecule has 3 heterocycles. The molecular formula is C16H19N3O2. The summed E-state index contributed by atoms with van der Waals surface area (Å²) >= 11 is 0. The second kappa shape index (κ2) is 4.86. The van der Waals surface area contributed by atoms with Gasteiger partial charge in [0.15, 0.2) is 0 Å². The maximum atomic E-state index is 12.6. The van der Waals surface area contributed by atoms with Crippen LogP contribution in [-0.4, -0.2) is 46.1 Å². The topological polar surface area (TPSA) is 68.4 Å². The molecule has 5 heteroatoms. The third kappa shape index (κ3) is 2.13. The van der Waals surface area contributed by atoms with Crippen LogP contribution in [0.1, 0.15) is 17.7 Å². The third-order valence-corrected chi connectivity index (χ3v) is 4.60. The van der Waals surface area contributed by atoms with Gasteiger partial charge in [-0.05, 0) is 12.5 Å². The number of hydrogen-bond donors (Lipinski definition) is 3. The van der Waals surface area contributed by atoms with Gasteiger partial charge in [0.2, 0.25) is 5.91 Å². The van der Waals surface area contributed by atoms with Gasteiger partial charge in [0.25, 0.3) is 0 Å². The van der Waals surface area contributed by atoms with E-state index >= 15 is 0 Å². The molecule has 110 valence electrons. The summed E-state index contributed by atoms with van der Waals surface area (Å²) in [5, 5.41) is 13.9. The molecule has 2 unspecified atom stereocenters. The molecule has 0 spiro atoms. The van der Waals surface area contributed by atoms with Crippen LogP contribution >= 0.6 is 0 Å². The Morgan fingerprint density at radius 2 is 2.19 bits per heavy atom. The Bertz CT molecular complexity index is 694. The molecule has 2 aliphatic rings. The van der Waals surface area contributed by atoms with Gasteiger partial charge in [-0.25, -0.2) is 0 Å². The predicted molar refractivity (Wildman–Crippen MR) is 79.8 cm³/mol. The molecule has 2 aliphatic heterocycles. The first-order valence-electron chi connectivity index (χ1n) is 7.51. The molecule has 2 aromatic rings. The van der Waals surface area contributed by atoms with E-state index < -0.39 is 6.10 Å². The molecule has 0 aliphatic carbocycles. The Balaban J connectivity index is 1.60. The largest absolute Gasteiger partial charge is 0.392 e. The smallest absolute Gasteiger partial charge is 0.240 e. The van der Waals surface area contributed by atoms with E-state index in [2.05, 4.69) is 22.4 Å². The van der Waals surface area contributed by atoms with Gasteiger partial charge in [0, 0.05) is 48.2 Å². The van der Waals surface area contributed by atoms with Gasteiger partial charge in [-0.15, -0.1) is 0 Å². The molecule has 1 aromatic carbocycles. The van der Waals surface area contributed by atoms with Crippen molar-refractivity contribution in [3.05, 3.63) is 35.5 Å². The van der Waals surface area contributed by atoms with E-state index in [0.29, 0.717) is 19.5 Å². The minimum Gasteiger partial charge on any atom is -0.392 e. The van der Waals surface area contributed by atoms with Crippen LogP contribution in [0.4, 0.5) is 0 Å². The van der Waals surface area contributed by atoms with Gasteiger partial charge in [0.05, 0.1) is 12.1 Å². The van der Waals surface area contributed by atoms with E-state index in [1.807, 2.05) is 17.0 Å². The molecule has 1 amide bonds. The normalized spacial score (nSPS) is 25.3. The zero-order chi connectivity index (χ0) is 14.4. The number of nitrogens with zero attached hydrogens (tertiary/aromatic N) is 1. The average Bonchev–Trinajstić information content (AvgIpc) is 3.09. The zero-order valence-corrected chi connectivity index (χ0v) is 11.8. The monoisotopic (exact) mass is 285 g/mol. The van der Waals surface area contributed by atoms with E-state index in [4.69, 9.17) is 0 Å². The van der Waals surface area contributed by atoms with Crippen LogP contribution < -0.4 is 5.32 Å². The number of H-pyrrole nitrogens is 1. The molecule has 1 fully saturated rings. The number of aliphatic hydroxyl groups is 1. The van der Waals surface area contributed by atoms with Crippen LogP contribution in [0.3, 0.4) is 0 Å². The summed E-state index contributed by atoms with van der Waals surface area (Å²) in [4.78, 5) is 17.9. The second-order valence-electron chi connectivity index (χ2n) is 5.99. The van der Waals surface area contributed by atoms with E-state index in [1.165, 1.54) is 16.6 Å². The number of carbonyl (C=O) groups excluding carboxylic acids is 1. The maximum absolute atomic E-state index is 12.6.